The molecule has 0 spiro atoms. The third-order valence-corrected chi connectivity index (χ3v) is 3.70. The van der Waals surface area contributed by atoms with Gasteiger partial charge < -0.3 is 5.73 Å². The maximum Gasteiger partial charge on any atom is 0.332 e. The summed E-state index contributed by atoms with van der Waals surface area (Å²) in [4.78, 5) is 13.1. The number of hydrogen-bond acceptors (Lipinski definition) is 3. The molecule has 1 fully saturated rings. The Bertz CT molecular complexity index is 479. The third-order valence-electron chi connectivity index (χ3n) is 3.70. The molecule has 0 saturated carbocycles. The molecule has 1 aromatic carbocycles. The molecule has 1 aromatic rings. The number of nitrogens with one attached hydrogen (secondary N) is 1. The molecule has 1 saturated heterocycles. The van der Waals surface area contributed by atoms with E-state index in [4.69, 9.17) is 5.73 Å². The van der Waals surface area contributed by atoms with Crippen LogP contribution in [0.15, 0.2) is 29.4 Å². The van der Waals surface area contributed by atoms with E-state index in [0.29, 0.717) is 0 Å². The molecule has 0 unspecified atom stereocenters. The summed E-state index contributed by atoms with van der Waals surface area (Å²) in [6.45, 7) is 5.53. The summed E-state index contributed by atoms with van der Waals surface area (Å²) in [6, 6.07) is 7.44. The summed E-state index contributed by atoms with van der Waals surface area (Å²) in [5.74, 6) is 0.836. The number of carbonyl (C=O) groups excluding carboxylic acids is 1. The van der Waals surface area contributed by atoms with Crippen LogP contribution in [0, 0.1) is 5.92 Å². The van der Waals surface area contributed by atoms with Gasteiger partial charge in [0.25, 0.3) is 0 Å². The van der Waals surface area contributed by atoms with Crippen LogP contribution in [0.1, 0.15) is 30.9 Å². The molecule has 20 heavy (non-hydrogen) atoms. The van der Waals surface area contributed by atoms with Gasteiger partial charge in [-0.3, -0.25) is 4.90 Å². The highest BCUT2D eigenvalue weighted by Gasteiger charge is 2.16. The van der Waals surface area contributed by atoms with Crippen molar-refractivity contribution < 1.29 is 4.79 Å². The van der Waals surface area contributed by atoms with Crippen LogP contribution in [0.2, 0.25) is 0 Å². The Morgan fingerprint density at radius 2 is 2.15 bits per heavy atom. The number of carbonyl (C=O) groups is 1. The molecule has 2 amide bonds. The quantitative estimate of drug-likeness (QED) is 0.650. The third kappa shape index (κ3) is 4.35. The Balaban J connectivity index is 2.00. The van der Waals surface area contributed by atoms with Gasteiger partial charge in [-0.1, -0.05) is 31.2 Å². The molecular weight excluding hydrogens is 252 g/mol. The van der Waals surface area contributed by atoms with Crippen molar-refractivity contribution in [3.05, 3.63) is 35.4 Å². The van der Waals surface area contributed by atoms with Gasteiger partial charge >= 0.3 is 6.03 Å². The summed E-state index contributed by atoms with van der Waals surface area (Å²) < 4.78 is 0. The molecule has 1 heterocycles. The smallest absolute Gasteiger partial charge is 0.332 e. The zero-order chi connectivity index (χ0) is 14.4. The molecule has 3 N–H and O–H groups in total. The number of benzene rings is 1. The van der Waals surface area contributed by atoms with Gasteiger partial charge in [-0.2, -0.15) is 5.10 Å². The van der Waals surface area contributed by atoms with Crippen molar-refractivity contribution in [3.63, 3.8) is 0 Å². The molecule has 108 valence electrons. The molecule has 1 aliphatic heterocycles. The van der Waals surface area contributed by atoms with Gasteiger partial charge in [0.1, 0.15) is 0 Å². The number of nitrogens with zero attached hydrogens (tertiary/aromatic N) is 2. The van der Waals surface area contributed by atoms with Crippen LogP contribution in [0.25, 0.3) is 0 Å². The van der Waals surface area contributed by atoms with E-state index in [1.54, 1.807) is 6.21 Å². The lowest BCUT2D eigenvalue weighted by molar-refractivity contribution is 0.185. The molecule has 0 aliphatic carbocycles. The van der Waals surface area contributed by atoms with Crippen LogP contribution >= 0.6 is 0 Å². The number of urea groups is 1. The van der Waals surface area contributed by atoms with Crippen LogP contribution in [0.3, 0.4) is 0 Å². The number of nitrogens with two attached hydrogens (primary N) is 1. The molecule has 0 aromatic heterocycles. The van der Waals surface area contributed by atoms with Crippen LogP contribution < -0.4 is 11.2 Å². The van der Waals surface area contributed by atoms with E-state index in [-0.39, 0.29) is 0 Å². The molecule has 0 radical (unpaired) electrons. The minimum absolute atomic E-state index is 0.649. The fourth-order valence-electron chi connectivity index (χ4n) is 2.43. The summed E-state index contributed by atoms with van der Waals surface area (Å²) in [7, 11) is 0. The van der Waals surface area contributed by atoms with Gasteiger partial charge in [0.2, 0.25) is 0 Å². The van der Waals surface area contributed by atoms with Gasteiger partial charge in [0.15, 0.2) is 0 Å². The Morgan fingerprint density at radius 3 is 2.85 bits per heavy atom. The van der Waals surface area contributed by atoms with Crippen molar-refractivity contribution in [2.75, 3.05) is 13.1 Å². The number of primary amides is 1. The first-order valence-corrected chi connectivity index (χ1v) is 7.04. The van der Waals surface area contributed by atoms with E-state index < -0.39 is 6.03 Å². The van der Waals surface area contributed by atoms with Crippen LogP contribution in [-0.2, 0) is 6.54 Å². The summed E-state index contributed by atoms with van der Waals surface area (Å²) in [5, 5.41) is 3.84. The molecule has 5 nitrogen and oxygen atoms in total. The molecular formula is C15H22N4O. The second-order valence-corrected chi connectivity index (χ2v) is 5.39. The van der Waals surface area contributed by atoms with Crippen LogP contribution in [0.5, 0.6) is 0 Å². The second kappa shape index (κ2) is 7.05. The van der Waals surface area contributed by atoms with Crippen molar-refractivity contribution in [1.29, 1.82) is 0 Å². The molecule has 2 rings (SSSR count). The molecule has 0 bridgehead atoms. The maximum atomic E-state index is 10.6. The summed E-state index contributed by atoms with van der Waals surface area (Å²) in [5.41, 5.74) is 9.44. The zero-order valence-corrected chi connectivity index (χ0v) is 11.9. The molecule has 0 atom stereocenters. The topological polar surface area (TPSA) is 70.7 Å². The van der Waals surface area contributed by atoms with Gasteiger partial charge in [-0.15, -0.1) is 0 Å². The van der Waals surface area contributed by atoms with Crippen LogP contribution in [-0.4, -0.2) is 30.2 Å². The largest absolute Gasteiger partial charge is 0.350 e. The minimum Gasteiger partial charge on any atom is -0.350 e. The van der Waals surface area contributed by atoms with Crippen molar-refractivity contribution in [2.24, 2.45) is 16.8 Å². The Kier molecular flexibility index (Phi) is 5.12. The normalized spacial score (nSPS) is 17.4. The van der Waals surface area contributed by atoms with E-state index in [1.807, 2.05) is 18.2 Å². The van der Waals surface area contributed by atoms with Crippen molar-refractivity contribution in [3.8, 4) is 0 Å². The summed E-state index contributed by atoms with van der Waals surface area (Å²) in [6.07, 6.45) is 4.17. The highest BCUT2D eigenvalue weighted by molar-refractivity contribution is 5.83. The fraction of sp³-hybridized carbons (Fsp3) is 0.467. The number of likely N-dealkylation sites (tertiary alicyclic amines) is 1. The van der Waals surface area contributed by atoms with Gasteiger partial charge in [-0.05, 0) is 43.0 Å². The fourth-order valence-corrected chi connectivity index (χ4v) is 2.43. The van der Waals surface area contributed by atoms with Crippen molar-refractivity contribution in [1.82, 2.24) is 10.3 Å². The Morgan fingerprint density at radius 1 is 1.45 bits per heavy atom. The predicted molar refractivity (Wildman–Crippen MR) is 80.4 cm³/mol. The first-order valence-electron chi connectivity index (χ1n) is 7.04. The Labute approximate surface area is 119 Å². The lowest BCUT2D eigenvalue weighted by Crippen LogP contribution is -2.32. The number of hydrogen-bond donors (Lipinski definition) is 2. The van der Waals surface area contributed by atoms with E-state index in [9.17, 15) is 4.79 Å². The summed E-state index contributed by atoms with van der Waals surface area (Å²) >= 11 is 0. The average Bonchev–Trinajstić information content (AvgIpc) is 2.43. The zero-order valence-electron chi connectivity index (χ0n) is 11.9. The Hall–Kier alpha value is -1.88. The maximum absolute atomic E-state index is 10.6. The number of piperidine rings is 1. The standard InChI is InChI=1S/C15H22N4O/c1-12-6-8-19(9-7-12)11-14-5-3-2-4-13(14)10-17-18-15(16)20/h2-5,10,12H,6-9,11H2,1H3,(H3,16,18,20). The van der Waals surface area contributed by atoms with Gasteiger partial charge in [-0.25, -0.2) is 10.2 Å². The SMILES string of the molecule is CC1CCN(Cc2ccccc2C=NNC(N)=O)CC1. The monoisotopic (exact) mass is 274 g/mol. The molecule has 1 aliphatic rings. The van der Waals surface area contributed by atoms with Crippen LogP contribution in [0.4, 0.5) is 4.79 Å². The molecule has 5 heteroatoms. The number of amides is 2. The van der Waals surface area contributed by atoms with Gasteiger partial charge in [0, 0.05) is 6.54 Å². The first-order chi connectivity index (χ1) is 9.65. The van der Waals surface area contributed by atoms with Gasteiger partial charge in [0.05, 0.1) is 6.21 Å². The highest BCUT2D eigenvalue weighted by Crippen LogP contribution is 2.19. The van der Waals surface area contributed by atoms with E-state index in [2.05, 4.69) is 28.4 Å². The number of rotatable bonds is 4. The average molecular weight is 274 g/mol. The highest BCUT2D eigenvalue weighted by atomic mass is 16.2. The van der Waals surface area contributed by atoms with E-state index in [0.717, 1.165) is 31.1 Å². The van der Waals surface area contributed by atoms with Crippen molar-refractivity contribution >= 4 is 12.2 Å². The number of hydrazone groups is 1. The van der Waals surface area contributed by atoms with Crippen molar-refractivity contribution in [2.45, 2.75) is 26.3 Å². The lowest BCUT2D eigenvalue weighted by Gasteiger charge is -2.30. The minimum atomic E-state index is -0.649. The first kappa shape index (κ1) is 14.5. The van der Waals surface area contributed by atoms with E-state index >= 15 is 0 Å². The predicted octanol–water partition coefficient (Wildman–Crippen LogP) is 1.92. The lowest BCUT2D eigenvalue weighted by atomic mass is 9.98. The second-order valence-electron chi connectivity index (χ2n) is 5.39. The van der Waals surface area contributed by atoms with E-state index in [1.165, 1.54) is 18.4 Å².